The first-order chi connectivity index (χ1) is 8.65. The van der Waals surface area contributed by atoms with Crippen molar-refractivity contribution < 1.29 is 9.59 Å². The average molecular weight is 246 g/mol. The van der Waals surface area contributed by atoms with Crippen molar-refractivity contribution in [1.29, 1.82) is 0 Å². The van der Waals surface area contributed by atoms with Gasteiger partial charge in [0.2, 0.25) is 5.91 Å². The van der Waals surface area contributed by atoms with Crippen LogP contribution in [0.1, 0.15) is 29.3 Å². The Hall–Kier alpha value is -1.68. The van der Waals surface area contributed by atoms with Crippen LogP contribution in [0.5, 0.6) is 0 Å². The van der Waals surface area contributed by atoms with Crippen molar-refractivity contribution in [2.24, 2.45) is 5.92 Å². The number of anilines is 1. The number of Topliss-reactive ketones (excluding diaryl/α,β-unsaturated/α-hetero) is 1. The third-order valence-corrected chi connectivity index (χ3v) is 3.33. The summed E-state index contributed by atoms with van der Waals surface area (Å²) >= 11 is 0. The lowest BCUT2D eigenvalue weighted by Gasteiger charge is -2.13. The van der Waals surface area contributed by atoms with Crippen molar-refractivity contribution in [2.75, 3.05) is 18.9 Å². The van der Waals surface area contributed by atoms with Crippen molar-refractivity contribution in [1.82, 2.24) is 5.32 Å². The van der Waals surface area contributed by atoms with E-state index >= 15 is 0 Å². The van der Waals surface area contributed by atoms with Crippen LogP contribution in [0.15, 0.2) is 18.2 Å². The highest BCUT2D eigenvalue weighted by Crippen LogP contribution is 2.25. The van der Waals surface area contributed by atoms with E-state index in [0.29, 0.717) is 18.5 Å². The molecule has 0 spiro atoms. The topological polar surface area (TPSA) is 58.2 Å². The molecule has 0 saturated heterocycles. The van der Waals surface area contributed by atoms with Gasteiger partial charge in [-0.1, -0.05) is 6.92 Å². The molecule has 1 heterocycles. The van der Waals surface area contributed by atoms with Crippen LogP contribution < -0.4 is 10.6 Å². The Morgan fingerprint density at radius 2 is 2.28 bits per heavy atom. The minimum atomic E-state index is -0.00290. The van der Waals surface area contributed by atoms with E-state index in [1.807, 2.05) is 26.1 Å². The maximum atomic E-state index is 12.3. The molecule has 1 amide bonds. The molecule has 1 aromatic carbocycles. The highest BCUT2D eigenvalue weighted by Gasteiger charge is 2.22. The minimum Gasteiger partial charge on any atom is -0.326 e. The van der Waals surface area contributed by atoms with Crippen LogP contribution in [0.3, 0.4) is 0 Å². The quantitative estimate of drug-likeness (QED) is 0.776. The molecule has 96 valence electrons. The number of benzene rings is 1. The molecule has 4 nitrogen and oxygen atoms in total. The molecule has 1 aliphatic heterocycles. The van der Waals surface area contributed by atoms with Gasteiger partial charge in [0.15, 0.2) is 5.78 Å². The van der Waals surface area contributed by atoms with Crippen LogP contribution in [0.25, 0.3) is 0 Å². The first-order valence-electron chi connectivity index (χ1n) is 6.27. The Bertz CT molecular complexity index is 483. The van der Waals surface area contributed by atoms with Gasteiger partial charge < -0.3 is 10.6 Å². The number of nitrogens with one attached hydrogen (secondary N) is 2. The van der Waals surface area contributed by atoms with Gasteiger partial charge >= 0.3 is 0 Å². The molecular formula is C14H18N2O2. The van der Waals surface area contributed by atoms with E-state index in [1.165, 1.54) is 0 Å². The molecule has 2 N–H and O–H groups in total. The lowest BCUT2D eigenvalue weighted by atomic mass is 9.94. The SMILES string of the molecule is CCC(CNC)C(=O)c1ccc2c(c1)CC(=O)N2. The molecule has 1 aromatic rings. The molecule has 1 atom stereocenters. The summed E-state index contributed by atoms with van der Waals surface area (Å²) in [5.74, 6) is 0.143. The molecule has 2 rings (SSSR count). The summed E-state index contributed by atoms with van der Waals surface area (Å²) in [7, 11) is 1.85. The first kappa shape index (κ1) is 12.8. The lowest BCUT2D eigenvalue weighted by molar-refractivity contribution is -0.115. The van der Waals surface area contributed by atoms with Crippen LogP contribution >= 0.6 is 0 Å². The van der Waals surface area contributed by atoms with E-state index in [9.17, 15) is 9.59 Å². The Kier molecular flexibility index (Phi) is 3.77. The van der Waals surface area contributed by atoms with Gasteiger partial charge in [-0.05, 0) is 37.2 Å². The van der Waals surface area contributed by atoms with Crippen molar-refractivity contribution in [3.63, 3.8) is 0 Å². The highest BCUT2D eigenvalue weighted by atomic mass is 16.1. The number of amides is 1. The van der Waals surface area contributed by atoms with Crippen molar-refractivity contribution in [3.8, 4) is 0 Å². The summed E-state index contributed by atoms with van der Waals surface area (Å²) < 4.78 is 0. The molecule has 0 aromatic heterocycles. The highest BCUT2D eigenvalue weighted by molar-refractivity contribution is 6.02. The van der Waals surface area contributed by atoms with Crippen LogP contribution in [-0.2, 0) is 11.2 Å². The third-order valence-electron chi connectivity index (χ3n) is 3.33. The largest absolute Gasteiger partial charge is 0.326 e. The molecular weight excluding hydrogens is 228 g/mol. The van der Waals surface area contributed by atoms with Crippen molar-refractivity contribution in [3.05, 3.63) is 29.3 Å². The fourth-order valence-corrected chi connectivity index (χ4v) is 2.29. The van der Waals surface area contributed by atoms with Gasteiger partial charge in [-0.2, -0.15) is 0 Å². The standard InChI is InChI=1S/C14H18N2O2/c1-3-9(8-15-2)14(18)10-4-5-12-11(6-10)7-13(17)16-12/h4-6,9,15H,3,7-8H2,1-2H3,(H,16,17). The predicted octanol–water partition coefficient (Wildman–Crippen LogP) is 1.61. The molecule has 4 heteroatoms. The minimum absolute atomic E-state index is 0.00175. The summed E-state index contributed by atoms with van der Waals surface area (Å²) in [5, 5.41) is 5.81. The van der Waals surface area contributed by atoms with E-state index in [4.69, 9.17) is 0 Å². The van der Waals surface area contributed by atoms with Gasteiger partial charge in [-0.25, -0.2) is 0 Å². The molecule has 0 saturated carbocycles. The molecule has 0 radical (unpaired) electrons. The van der Waals surface area contributed by atoms with Gasteiger partial charge in [0.25, 0.3) is 0 Å². The summed E-state index contributed by atoms with van der Waals surface area (Å²) in [4.78, 5) is 23.6. The smallest absolute Gasteiger partial charge is 0.228 e. The zero-order chi connectivity index (χ0) is 13.1. The zero-order valence-corrected chi connectivity index (χ0v) is 10.7. The molecule has 0 aliphatic carbocycles. The number of hydrogen-bond donors (Lipinski definition) is 2. The second-order valence-corrected chi connectivity index (χ2v) is 4.62. The number of ketones is 1. The summed E-state index contributed by atoms with van der Waals surface area (Å²) in [6.07, 6.45) is 1.19. The van der Waals surface area contributed by atoms with Gasteiger partial charge in [-0.3, -0.25) is 9.59 Å². The number of fused-ring (bicyclic) bond motifs is 1. The number of rotatable bonds is 5. The number of carbonyl (C=O) groups is 2. The summed E-state index contributed by atoms with van der Waals surface area (Å²) in [6, 6.07) is 5.46. The van der Waals surface area contributed by atoms with E-state index in [1.54, 1.807) is 6.07 Å². The van der Waals surface area contributed by atoms with Gasteiger partial charge in [0, 0.05) is 23.7 Å². The second-order valence-electron chi connectivity index (χ2n) is 4.62. The summed E-state index contributed by atoms with van der Waals surface area (Å²) in [6.45, 7) is 2.70. The second kappa shape index (κ2) is 5.31. The van der Waals surface area contributed by atoms with Crippen LogP contribution in [-0.4, -0.2) is 25.3 Å². The first-order valence-corrected chi connectivity index (χ1v) is 6.27. The predicted molar refractivity (Wildman–Crippen MR) is 70.8 cm³/mol. The van der Waals surface area contributed by atoms with E-state index in [-0.39, 0.29) is 17.6 Å². The Morgan fingerprint density at radius 3 is 2.94 bits per heavy atom. The van der Waals surface area contributed by atoms with E-state index in [2.05, 4.69) is 10.6 Å². The maximum absolute atomic E-state index is 12.3. The monoisotopic (exact) mass is 246 g/mol. The van der Waals surface area contributed by atoms with Gasteiger partial charge in [0.1, 0.15) is 0 Å². The van der Waals surface area contributed by atoms with Crippen molar-refractivity contribution >= 4 is 17.4 Å². The fraction of sp³-hybridized carbons (Fsp3) is 0.429. The zero-order valence-electron chi connectivity index (χ0n) is 10.7. The van der Waals surface area contributed by atoms with E-state index in [0.717, 1.165) is 17.7 Å². The molecule has 1 aliphatic rings. The molecule has 1 unspecified atom stereocenters. The molecule has 0 fully saturated rings. The lowest BCUT2D eigenvalue weighted by Crippen LogP contribution is -2.25. The third kappa shape index (κ3) is 2.43. The molecule has 18 heavy (non-hydrogen) atoms. The van der Waals surface area contributed by atoms with E-state index < -0.39 is 0 Å². The Labute approximate surface area is 107 Å². The summed E-state index contributed by atoms with van der Waals surface area (Å²) in [5.41, 5.74) is 2.45. The van der Waals surface area contributed by atoms with Crippen molar-refractivity contribution in [2.45, 2.75) is 19.8 Å². The van der Waals surface area contributed by atoms with Gasteiger partial charge in [0.05, 0.1) is 6.42 Å². The molecule has 0 bridgehead atoms. The van der Waals surface area contributed by atoms with Gasteiger partial charge in [-0.15, -0.1) is 0 Å². The maximum Gasteiger partial charge on any atom is 0.228 e. The van der Waals surface area contributed by atoms with Crippen LogP contribution in [0.4, 0.5) is 5.69 Å². The van der Waals surface area contributed by atoms with Crippen LogP contribution in [0, 0.1) is 5.92 Å². The average Bonchev–Trinajstić information content (AvgIpc) is 2.74. The Balaban J connectivity index is 2.22. The normalized spacial score (nSPS) is 15.1. The number of hydrogen-bond acceptors (Lipinski definition) is 3. The number of carbonyl (C=O) groups excluding carboxylic acids is 2. The fourth-order valence-electron chi connectivity index (χ4n) is 2.29. The van der Waals surface area contributed by atoms with Crippen LogP contribution in [0.2, 0.25) is 0 Å². The Morgan fingerprint density at radius 1 is 1.50 bits per heavy atom.